The van der Waals surface area contributed by atoms with Crippen molar-refractivity contribution in [2.75, 3.05) is 46.8 Å². The first kappa shape index (κ1) is 24.2. The van der Waals surface area contributed by atoms with Gasteiger partial charge in [-0.05, 0) is 48.5 Å². The average molecular weight is 481 g/mol. The van der Waals surface area contributed by atoms with Crippen LogP contribution in [0.3, 0.4) is 0 Å². The number of hydrogen-bond donors (Lipinski definition) is 0. The number of benzene rings is 3. The number of fused-ring (bicyclic) bond motifs is 2. The Bertz CT molecular complexity index is 1030. The van der Waals surface area contributed by atoms with Gasteiger partial charge < -0.3 is 33.2 Å². The molecule has 1 aliphatic heterocycles. The minimum atomic E-state index is -0.707. The predicted molar refractivity (Wildman–Crippen MR) is 128 cm³/mol. The van der Waals surface area contributed by atoms with E-state index in [1.807, 2.05) is 36.4 Å². The van der Waals surface area contributed by atoms with Crippen molar-refractivity contribution >= 4 is 5.97 Å². The highest BCUT2D eigenvalue weighted by Gasteiger charge is 2.20. The fraction of sp³-hybridized carbons (Fsp3) is 0.296. The SMILES string of the molecule is COc1ccc(C(=O)OC2COc3ccccc3OCCOCCOc3ccccc3OC2)cc1. The molecule has 0 aromatic heterocycles. The van der Waals surface area contributed by atoms with Crippen molar-refractivity contribution in [3.63, 3.8) is 0 Å². The summed E-state index contributed by atoms with van der Waals surface area (Å²) in [6.07, 6.45) is -0.707. The molecule has 0 radical (unpaired) electrons. The molecule has 35 heavy (non-hydrogen) atoms. The third kappa shape index (κ3) is 7.04. The first-order valence-electron chi connectivity index (χ1n) is 11.3. The Kier molecular flexibility index (Phi) is 8.67. The zero-order chi connectivity index (χ0) is 24.3. The summed E-state index contributed by atoms with van der Waals surface area (Å²) in [6, 6.07) is 21.3. The molecule has 0 amide bonds. The summed E-state index contributed by atoms with van der Waals surface area (Å²) in [7, 11) is 1.57. The van der Waals surface area contributed by atoms with Gasteiger partial charge in [0, 0.05) is 0 Å². The molecule has 0 aliphatic carbocycles. The lowest BCUT2D eigenvalue weighted by Gasteiger charge is -2.21. The number of hydrogen-bond acceptors (Lipinski definition) is 8. The van der Waals surface area contributed by atoms with Crippen LogP contribution in [-0.2, 0) is 9.47 Å². The third-order valence-electron chi connectivity index (χ3n) is 5.12. The first-order valence-corrected chi connectivity index (χ1v) is 11.3. The van der Waals surface area contributed by atoms with Gasteiger partial charge in [-0.25, -0.2) is 4.79 Å². The Hall–Kier alpha value is -3.91. The molecule has 0 unspecified atom stereocenters. The van der Waals surface area contributed by atoms with Gasteiger partial charge in [0.1, 0.15) is 32.2 Å². The van der Waals surface area contributed by atoms with Crippen LogP contribution in [0.4, 0.5) is 0 Å². The van der Waals surface area contributed by atoms with Gasteiger partial charge in [0.25, 0.3) is 0 Å². The number of methoxy groups -OCH3 is 1. The molecule has 3 aromatic carbocycles. The van der Waals surface area contributed by atoms with Gasteiger partial charge in [-0.3, -0.25) is 0 Å². The van der Waals surface area contributed by atoms with Crippen LogP contribution in [0, 0.1) is 0 Å². The van der Waals surface area contributed by atoms with Crippen LogP contribution in [0.25, 0.3) is 0 Å². The lowest BCUT2D eigenvalue weighted by atomic mass is 10.2. The molecule has 3 aromatic rings. The minimum Gasteiger partial charge on any atom is -0.497 e. The Labute approximate surface area is 204 Å². The van der Waals surface area contributed by atoms with Crippen LogP contribution < -0.4 is 23.7 Å². The van der Waals surface area contributed by atoms with Crippen LogP contribution in [0.2, 0.25) is 0 Å². The maximum absolute atomic E-state index is 12.8. The Balaban J connectivity index is 1.52. The van der Waals surface area contributed by atoms with Gasteiger partial charge in [0.2, 0.25) is 0 Å². The van der Waals surface area contributed by atoms with Gasteiger partial charge in [0.15, 0.2) is 29.1 Å². The molecule has 1 heterocycles. The molecule has 8 heteroatoms. The molecule has 0 spiro atoms. The lowest BCUT2D eigenvalue weighted by Crippen LogP contribution is -2.31. The maximum atomic E-state index is 12.8. The smallest absolute Gasteiger partial charge is 0.338 e. The molecule has 0 fully saturated rings. The highest BCUT2D eigenvalue weighted by molar-refractivity contribution is 5.89. The molecule has 4 rings (SSSR count). The summed E-state index contributed by atoms with van der Waals surface area (Å²) in [5.41, 5.74) is 0.394. The maximum Gasteiger partial charge on any atom is 0.338 e. The molecule has 0 N–H and O–H groups in total. The number of carbonyl (C=O) groups is 1. The first-order chi connectivity index (χ1) is 17.2. The van der Waals surface area contributed by atoms with E-state index >= 15 is 0 Å². The van der Waals surface area contributed by atoms with Crippen molar-refractivity contribution in [2.45, 2.75) is 6.10 Å². The van der Waals surface area contributed by atoms with Gasteiger partial charge >= 0.3 is 5.97 Å². The van der Waals surface area contributed by atoms with E-state index in [9.17, 15) is 4.79 Å². The number of ether oxygens (including phenoxy) is 7. The van der Waals surface area contributed by atoms with Crippen molar-refractivity contribution in [3.8, 4) is 28.7 Å². The van der Waals surface area contributed by atoms with E-state index in [0.717, 1.165) is 0 Å². The van der Waals surface area contributed by atoms with Gasteiger partial charge in [-0.15, -0.1) is 0 Å². The van der Waals surface area contributed by atoms with Crippen LogP contribution in [0.5, 0.6) is 28.7 Å². The topological polar surface area (TPSA) is 81.7 Å². The second-order valence-corrected chi connectivity index (χ2v) is 7.58. The summed E-state index contributed by atoms with van der Waals surface area (Å²) < 4.78 is 40.1. The predicted octanol–water partition coefficient (Wildman–Crippen LogP) is 4.17. The van der Waals surface area contributed by atoms with E-state index < -0.39 is 12.1 Å². The van der Waals surface area contributed by atoms with Crippen LogP contribution in [0.15, 0.2) is 72.8 Å². The van der Waals surface area contributed by atoms with Gasteiger partial charge in [-0.2, -0.15) is 0 Å². The second-order valence-electron chi connectivity index (χ2n) is 7.58. The quantitative estimate of drug-likeness (QED) is 0.517. The summed E-state index contributed by atoms with van der Waals surface area (Å²) >= 11 is 0. The van der Waals surface area contributed by atoms with Gasteiger partial charge in [0.05, 0.1) is 25.9 Å². The third-order valence-corrected chi connectivity index (χ3v) is 5.12. The normalized spacial score (nSPS) is 15.1. The van der Waals surface area contributed by atoms with E-state index in [1.54, 1.807) is 43.5 Å². The summed E-state index contributed by atoms with van der Waals surface area (Å²) in [6.45, 7) is 1.63. The Morgan fingerprint density at radius 2 is 1.17 bits per heavy atom. The zero-order valence-electron chi connectivity index (χ0n) is 19.5. The van der Waals surface area contributed by atoms with E-state index in [4.69, 9.17) is 33.2 Å². The zero-order valence-corrected chi connectivity index (χ0v) is 19.5. The van der Waals surface area contributed by atoms with Crippen molar-refractivity contribution in [1.29, 1.82) is 0 Å². The molecular weight excluding hydrogens is 452 g/mol. The molecule has 0 atom stereocenters. The summed E-state index contributed by atoms with van der Waals surface area (Å²) in [5.74, 6) is 2.38. The van der Waals surface area contributed by atoms with E-state index in [0.29, 0.717) is 60.7 Å². The average Bonchev–Trinajstić information content (AvgIpc) is 2.90. The molecule has 1 aliphatic rings. The monoisotopic (exact) mass is 480 g/mol. The molecule has 8 nitrogen and oxygen atoms in total. The minimum absolute atomic E-state index is 0.0573. The lowest BCUT2D eigenvalue weighted by molar-refractivity contribution is 0.00134. The molecule has 0 bridgehead atoms. The number of rotatable bonds is 3. The fourth-order valence-corrected chi connectivity index (χ4v) is 3.33. The molecule has 184 valence electrons. The van der Waals surface area contributed by atoms with Crippen LogP contribution >= 0.6 is 0 Å². The fourth-order valence-electron chi connectivity index (χ4n) is 3.33. The van der Waals surface area contributed by atoms with E-state index in [-0.39, 0.29) is 13.2 Å². The molecule has 0 saturated heterocycles. The van der Waals surface area contributed by atoms with Crippen molar-refractivity contribution in [3.05, 3.63) is 78.4 Å². The Morgan fingerprint density at radius 3 is 1.66 bits per heavy atom. The van der Waals surface area contributed by atoms with E-state index in [1.165, 1.54) is 0 Å². The number of esters is 1. The highest BCUT2D eigenvalue weighted by Crippen LogP contribution is 2.28. The molecule has 0 saturated carbocycles. The highest BCUT2D eigenvalue weighted by atomic mass is 16.6. The summed E-state index contributed by atoms with van der Waals surface area (Å²) in [5, 5.41) is 0. The molecular formula is C27H28O8. The second kappa shape index (κ2) is 12.5. The summed E-state index contributed by atoms with van der Waals surface area (Å²) in [4.78, 5) is 12.8. The van der Waals surface area contributed by atoms with Gasteiger partial charge in [-0.1, -0.05) is 24.3 Å². The standard InChI is InChI=1S/C27H28O8/c1-29-21-12-10-20(11-13-21)27(28)35-22-18-33-25-8-4-2-6-23(25)31-16-14-30-15-17-32-24-7-3-5-9-26(24)34-19-22/h2-13,22H,14-19H2,1H3. The Morgan fingerprint density at radius 1 is 0.686 bits per heavy atom. The number of carbonyl (C=O) groups excluding carboxylic acids is 1. The number of para-hydroxylation sites is 4. The van der Waals surface area contributed by atoms with Crippen molar-refractivity contribution in [1.82, 2.24) is 0 Å². The van der Waals surface area contributed by atoms with Crippen molar-refractivity contribution < 1.29 is 38.0 Å². The van der Waals surface area contributed by atoms with Crippen LogP contribution in [-0.4, -0.2) is 58.8 Å². The van der Waals surface area contributed by atoms with E-state index in [2.05, 4.69) is 0 Å². The van der Waals surface area contributed by atoms with Crippen molar-refractivity contribution in [2.24, 2.45) is 0 Å². The largest absolute Gasteiger partial charge is 0.497 e. The van der Waals surface area contributed by atoms with Crippen LogP contribution in [0.1, 0.15) is 10.4 Å².